The molecule has 23 heavy (non-hydrogen) atoms. The van der Waals surface area contributed by atoms with E-state index in [1.165, 1.54) is 0 Å². The summed E-state index contributed by atoms with van der Waals surface area (Å²) in [4.78, 5) is 12.0. The van der Waals surface area contributed by atoms with Gasteiger partial charge in [0.1, 0.15) is 5.75 Å². The minimum absolute atomic E-state index is 0.163. The number of benzene rings is 2. The molecule has 0 aromatic heterocycles. The molecule has 5 heteroatoms. The Morgan fingerprint density at radius 2 is 1.65 bits per heavy atom. The lowest BCUT2D eigenvalue weighted by molar-refractivity contribution is -0.136. The first kappa shape index (κ1) is 17.3. The van der Waals surface area contributed by atoms with Gasteiger partial charge in [0.15, 0.2) is 18.1 Å². The van der Waals surface area contributed by atoms with Gasteiger partial charge in [-0.15, -0.1) is 0 Å². The highest BCUT2D eigenvalue weighted by atomic mass is 79.9. The summed E-state index contributed by atoms with van der Waals surface area (Å²) in [7, 11) is 0. The summed E-state index contributed by atoms with van der Waals surface area (Å²) in [5, 5.41) is 0. The SMILES string of the molecule is CCOc1ccccc1OC(=O)COc1c(C)cc(Br)cc1C. The molecule has 0 saturated heterocycles. The van der Waals surface area contributed by atoms with E-state index in [4.69, 9.17) is 14.2 Å². The van der Waals surface area contributed by atoms with Gasteiger partial charge in [-0.25, -0.2) is 4.79 Å². The van der Waals surface area contributed by atoms with E-state index in [0.29, 0.717) is 23.9 Å². The van der Waals surface area contributed by atoms with Gasteiger partial charge in [-0.1, -0.05) is 28.1 Å². The van der Waals surface area contributed by atoms with E-state index >= 15 is 0 Å². The number of ether oxygens (including phenoxy) is 3. The number of halogens is 1. The van der Waals surface area contributed by atoms with E-state index in [1.807, 2.05) is 39.0 Å². The van der Waals surface area contributed by atoms with Crippen LogP contribution in [0.3, 0.4) is 0 Å². The minimum atomic E-state index is -0.473. The summed E-state index contributed by atoms with van der Waals surface area (Å²) in [5.74, 6) is 1.16. The quantitative estimate of drug-likeness (QED) is 0.550. The predicted molar refractivity (Wildman–Crippen MR) is 92.4 cm³/mol. The number of aryl methyl sites for hydroxylation is 2. The lowest BCUT2D eigenvalue weighted by Crippen LogP contribution is -2.18. The van der Waals surface area contributed by atoms with Crippen molar-refractivity contribution in [3.8, 4) is 17.2 Å². The van der Waals surface area contributed by atoms with Gasteiger partial charge in [0.2, 0.25) is 0 Å². The van der Waals surface area contributed by atoms with Crippen LogP contribution in [0.4, 0.5) is 0 Å². The average molecular weight is 379 g/mol. The molecule has 0 saturated carbocycles. The van der Waals surface area contributed by atoms with Gasteiger partial charge < -0.3 is 14.2 Å². The molecular formula is C18H19BrO4. The number of esters is 1. The maximum Gasteiger partial charge on any atom is 0.349 e. The van der Waals surface area contributed by atoms with Crippen molar-refractivity contribution >= 4 is 21.9 Å². The molecule has 0 fully saturated rings. The first-order valence-electron chi connectivity index (χ1n) is 7.33. The van der Waals surface area contributed by atoms with Crippen molar-refractivity contribution in [1.29, 1.82) is 0 Å². The number of rotatable bonds is 6. The molecule has 2 aromatic rings. The van der Waals surface area contributed by atoms with Crippen molar-refractivity contribution in [2.75, 3.05) is 13.2 Å². The van der Waals surface area contributed by atoms with Crippen molar-refractivity contribution in [1.82, 2.24) is 0 Å². The monoisotopic (exact) mass is 378 g/mol. The Morgan fingerprint density at radius 1 is 1.04 bits per heavy atom. The molecule has 0 amide bonds. The number of hydrogen-bond acceptors (Lipinski definition) is 4. The highest BCUT2D eigenvalue weighted by molar-refractivity contribution is 9.10. The van der Waals surface area contributed by atoms with Crippen LogP contribution in [0.5, 0.6) is 17.2 Å². The van der Waals surface area contributed by atoms with E-state index in [0.717, 1.165) is 15.6 Å². The van der Waals surface area contributed by atoms with Gasteiger partial charge in [0.05, 0.1) is 6.61 Å². The van der Waals surface area contributed by atoms with Crippen LogP contribution in [0.15, 0.2) is 40.9 Å². The fourth-order valence-corrected chi connectivity index (χ4v) is 2.90. The van der Waals surface area contributed by atoms with Crippen LogP contribution in [-0.2, 0) is 4.79 Å². The van der Waals surface area contributed by atoms with Crippen LogP contribution in [0.25, 0.3) is 0 Å². The zero-order valence-electron chi connectivity index (χ0n) is 13.4. The van der Waals surface area contributed by atoms with Crippen molar-refractivity contribution in [3.05, 3.63) is 52.0 Å². The second-order valence-corrected chi connectivity index (χ2v) is 5.93. The van der Waals surface area contributed by atoms with Crippen LogP contribution in [-0.4, -0.2) is 19.2 Å². The Kier molecular flexibility index (Phi) is 6.04. The first-order chi connectivity index (χ1) is 11.0. The molecule has 0 aliphatic carbocycles. The second kappa shape index (κ2) is 8.02. The van der Waals surface area contributed by atoms with Crippen LogP contribution in [0, 0.1) is 13.8 Å². The van der Waals surface area contributed by atoms with Gasteiger partial charge in [0.25, 0.3) is 0 Å². The average Bonchev–Trinajstić information content (AvgIpc) is 2.48. The lowest BCUT2D eigenvalue weighted by atomic mass is 10.1. The van der Waals surface area contributed by atoms with Crippen molar-refractivity contribution in [2.24, 2.45) is 0 Å². The molecule has 0 N–H and O–H groups in total. The fourth-order valence-electron chi connectivity index (χ4n) is 2.22. The fraction of sp³-hybridized carbons (Fsp3) is 0.278. The van der Waals surface area contributed by atoms with Gasteiger partial charge in [-0.2, -0.15) is 0 Å². The van der Waals surface area contributed by atoms with Crippen molar-refractivity contribution in [2.45, 2.75) is 20.8 Å². The second-order valence-electron chi connectivity index (χ2n) is 5.01. The summed E-state index contributed by atoms with van der Waals surface area (Å²) < 4.78 is 17.4. The zero-order chi connectivity index (χ0) is 16.8. The van der Waals surface area contributed by atoms with E-state index in [9.17, 15) is 4.79 Å². The Hall–Kier alpha value is -2.01. The van der Waals surface area contributed by atoms with E-state index < -0.39 is 5.97 Å². The molecule has 0 unspecified atom stereocenters. The number of hydrogen-bond donors (Lipinski definition) is 0. The predicted octanol–water partition coefficient (Wildman–Crippen LogP) is 4.45. The topological polar surface area (TPSA) is 44.8 Å². The third kappa shape index (κ3) is 4.73. The first-order valence-corrected chi connectivity index (χ1v) is 8.12. The van der Waals surface area contributed by atoms with Crippen molar-refractivity contribution < 1.29 is 19.0 Å². The summed E-state index contributed by atoms with van der Waals surface area (Å²) in [6, 6.07) is 11.0. The molecule has 0 aliphatic rings. The molecule has 0 bridgehead atoms. The van der Waals surface area contributed by atoms with Gasteiger partial charge >= 0.3 is 5.97 Å². The molecule has 0 aliphatic heterocycles. The Balaban J connectivity index is 2.01. The number of carbonyl (C=O) groups excluding carboxylic acids is 1. The standard InChI is InChI=1S/C18H19BrO4/c1-4-21-15-7-5-6-8-16(15)23-17(20)11-22-18-12(2)9-14(19)10-13(18)3/h5-10H,4,11H2,1-3H3. The van der Waals surface area contributed by atoms with Crippen molar-refractivity contribution in [3.63, 3.8) is 0 Å². The zero-order valence-corrected chi connectivity index (χ0v) is 15.0. The summed E-state index contributed by atoms with van der Waals surface area (Å²) >= 11 is 3.43. The molecule has 4 nitrogen and oxygen atoms in total. The Bertz CT molecular complexity index is 674. The maximum absolute atomic E-state index is 12.0. The molecule has 0 atom stereocenters. The normalized spacial score (nSPS) is 10.3. The summed E-state index contributed by atoms with van der Waals surface area (Å²) in [6.45, 7) is 6.08. The molecule has 0 spiro atoms. The number of carbonyl (C=O) groups is 1. The van der Waals surface area contributed by atoms with E-state index in [1.54, 1.807) is 18.2 Å². The van der Waals surface area contributed by atoms with Gasteiger partial charge in [-0.3, -0.25) is 0 Å². The van der Waals surface area contributed by atoms with Gasteiger partial charge in [0, 0.05) is 4.47 Å². The number of para-hydroxylation sites is 2. The highest BCUT2D eigenvalue weighted by Crippen LogP contribution is 2.28. The molecule has 2 rings (SSSR count). The minimum Gasteiger partial charge on any atom is -0.490 e. The maximum atomic E-state index is 12.0. The van der Waals surface area contributed by atoms with Crippen LogP contribution >= 0.6 is 15.9 Å². The van der Waals surface area contributed by atoms with Crippen LogP contribution in [0.2, 0.25) is 0 Å². The highest BCUT2D eigenvalue weighted by Gasteiger charge is 2.12. The summed E-state index contributed by atoms with van der Waals surface area (Å²) in [5.41, 5.74) is 1.92. The molecular weight excluding hydrogens is 360 g/mol. The molecule has 122 valence electrons. The van der Waals surface area contributed by atoms with E-state index in [-0.39, 0.29) is 6.61 Å². The summed E-state index contributed by atoms with van der Waals surface area (Å²) in [6.07, 6.45) is 0. The Morgan fingerprint density at radius 3 is 2.26 bits per heavy atom. The third-order valence-electron chi connectivity index (χ3n) is 3.13. The van der Waals surface area contributed by atoms with E-state index in [2.05, 4.69) is 15.9 Å². The Labute approximate surface area is 144 Å². The lowest BCUT2D eigenvalue weighted by Gasteiger charge is -2.13. The molecule has 0 heterocycles. The van der Waals surface area contributed by atoms with Gasteiger partial charge in [-0.05, 0) is 56.2 Å². The molecule has 2 aromatic carbocycles. The van der Waals surface area contributed by atoms with Crippen LogP contribution < -0.4 is 14.2 Å². The largest absolute Gasteiger partial charge is 0.490 e. The van der Waals surface area contributed by atoms with Crippen LogP contribution in [0.1, 0.15) is 18.1 Å². The third-order valence-corrected chi connectivity index (χ3v) is 3.59. The smallest absolute Gasteiger partial charge is 0.349 e. The molecule has 0 radical (unpaired) electrons.